The summed E-state index contributed by atoms with van der Waals surface area (Å²) in [5.41, 5.74) is 2.96. The summed E-state index contributed by atoms with van der Waals surface area (Å²) < 4.78 is 5.21. The maximum absolute atomic E-state index is 5.21. The zero-order valence-corrected chi connectivity index (χ0v) is 10.2. The zero-order valence-electron chi connectivity index (χ0n) is 10.2. The van der Waals surface area contributed by atoms with Gasteiger partial charge in [-0.1, -0.05) is 23.8 Å². The van der Waals surface area contributed by atoms with Crippen molar-refractivity contribution >= 4 is 5.69 Å². The lowest BCUT2D eigenvalue weighted by Crippen LogP contribution is -1.99. The highest BCUT2D eigenvalue weighted by Gasteiger charge is 2.07. The molecule has 0 aliphatic heterocycles. The van der Waals surface area contributed by atoms with E-state index in [9.17, 15) is 0 Å². The van der Waals surface area contributed by atoms with Crippen LogP contribution in [0.25, 0.3) is 11.4 Å². The highest BCUT2D eigenvalue weighted by atomic mass is 16.5. The molecule has 0 fully saturated rings. The molecule has 0 radical (unpaired) electrons. The molecule has 2 aromatic rings. The Morgan fingerprint density at radius 3 is 2.76 bits per heavy atom. The molecule has 0 amide bonds. The Morgan fingerprint density at radius 2 is 2.12 bits per heavy atom. The smallest absolute Gasteiger partial charge is 0.240 e. The van der Waals surface area contributed by atoms with Crippen LogP contribution in [0.4, 0.5) is 5.69 Å². The standard InChI is InChI=1S/C13H15N3O/c1-9-5-4-6-10(7-9)12-15-8-11(14-2)13(16-12)17-3/h4-8,14H,1-3H3. The van der Waals surface area contributed by atoms with E-state index in [-0.39, 0.29) is 0 Å². The molecule has 1 heterocycles. The number of nitrogens with zero attached hydrogens (tertiary/aromatic N) is 2. The van der Waals surface area contributed by atoms with Gasteiger partial charge in [0.15, 0.2) is 5.82 Å². The van der Waals surface area contributed by atoms with Crippen molar-refractivity contribution in [1.82, 2.24) is 9.97 Å². The minimum absolute atomic E-state index is 0.555. The van der Waals surface area contributed by atoms with Crippen molar-refractivity contribution in [2.75, 3.05) is 19.5 Å². The first-order chi connectivity index (χ1) is 8.24. The molecule has 2 rings (SSSR count). The van der Waals surface area contributed by atoms with Crippen LogP contribution in [-0.4, -0.2) is 24.1 Å². The van der Waals surface area contributed by atoms with Gasteiger partial charge in [-0.05, 0) is 13.0 Å². The third-order valence-corrected chi connectivity index (χ3v) is 2.49. The maximum Gasteiger partial charge on any atom is 0.240 e. The summed E-state index contributed by atoms with van der Waals surface area (Å²) in [4.78, 5) is 8.69. The summed E-state index contributed by atoms with van der Waals surface area (Å²) in [6.07, 6.45) is 1.73. The molecule has 1 N–H and O–H groups in total. The highest BCUT2D eigenvalue weighted by Crippen LogP contribution is 2.24. The highest BCUT2D eigenvalue weighted by molar-refractivity contribution is 5.60. The Morgan fingerprint density at radius 1 is 1.29 bits per heavy atom. The van der Waals surface area contributed by atoms with Gasteiger partial charge in [0.2, 0.25) is 5.88 Å². The molecule has 4 nitrogen and oxygen atoms in total. The van der Waals surface area contributed by atoms with Crippen LogP contribution in [0.5, 0.6) is 5.88 Å². The van der Waals surface area contributed by atoms with Crippen LogP contribution in [0.1, 0.15) is 5.56 Å². The van der Waals surface area contributed by atoms with Gasteiger partial charge in [-0.2, -0.15) is 4.98 Å². The second-order valence-electron chi connectivity index (χ2n) is 3.74. The average Bonchev–Trinajstić information content (AvgIpc) is 2.38. The van der Waals surface area contributed by atoms with E-state index in [2.05, 4.69) is 15.3 Å². The van der Waals surface area contributed by atoms with E-state index >= 15 is 0 Å². The average molecular weight is 229 g/mol. The molecule has 4 heteroatoms. The van der Waals surface area contributed by atoms with Gasteiger partial charge in [0, 0.05) is 12.6 Å². The van der Waals surface area contributed by atoms with E-state index in [1.165, 1.54) is 5.56 Å². The molecule has 17 heavy (non-hydrogen) atoms. The summed E-state index contributed by atoms with van der Waals surface area (Å²) >= 11 is 0. The molecule has 0 aliphatic rings. The quantitative estimate of drug-likeness (QED) is 0.878. The fourth-order valence-electron chi connectivity index (χ4n) is 1.62. The van der Waals surface area contributed by atoms with Gasteiger partial charge in [0.05, 0.1) is 13.3 Å². The summed E-state index contributed by atoms with van der Waals surface area (Å²) in [5.74, 6) is 1.23. The number of aryl methyl sites for hydroxylation is 1. The predicted octanol–water partition coefficient (Wildman–Crippen LogP) is 2.50. The summed E-state index contributed by atoms with van der Waals surface area (Å²) in [7, 11) is 3.41. The summed E-state index contributed by atoms with van der Waals surface area (Å²) in [6.45, 7) is 2.04. The van der Waals surface area contributed by atoms with Gasteiger partial charge < -0.3 is 10.1 Å². The van der Waals surface area contributed by atoms with Gasteiger partial charge in [0.25, 0.3) is 0 Å². The summed E-state index contributed by atoms with van der Waals surface area (Å²) in [5, 5.41) is 2.99. The van der Waals surface area contributed by atoms with Crippen molar-refractivity contribution in [3.8, 4) is 17.3 Å². The third kappa shape index (κ3) is 2.36. The van der Waals surface area contributed by atoms with Gasteiger partial charge >= 0.3 is 0 Å². The number of hydrogen-bond acceptors (Lipinski definition) is 4. The fraction of sp³-hybridized carbons (Fsp3) is 0.231. The molecule has 1 aromatic carbocycles. The molecule has 1 aromatic heterocycles. The van der Waals surface area contributed by atoms with E-state index in [4.69, 9.17) is 4.74 Å². The molecule has 0 atom stereocenters. The molecule has 0 bridgehead atoms. The predicted molar refractivity (Wildman–Crippen MR) is 68.3 cm³/mol. The Balaban J connectivity index is 2.46. The Bertz CT molecular complexity index is 526. The number of methoxy groups -OCH3 is 1. The minimum Gasteiger partial charge on any atom is -0.479 e. The van der Waals surface area contributed by atoms with E-state index in [1.807, 2.05) is 38.2 Å². The largest absolute Gasteiger partial charge is 0.479 e. The number of aromatic nitrogens is 2. The SMILES string of the molecule is CNc1cnc(-c2cccc(C)c2)nc1OC. The van der Waals surface area contributed by atoms with E-state index < -0.39 is 0 Å². The number of ether oxygens (including phenoxy) is 1. The maximum atomic E-state index is 5.21. The van der Waals surface area contributed by atoms with Gasteiger partial charge in [-0.15, -0.1) is 0 Å². The molecular formula is C13H15N3O. The second kappa shape index (κ2) is 4.82. The lowest BCUT2D eigenvalue weighted by atomic mass is 10.1. The Labute approximate surface area is 101 Å². The van der Waals surface area contributed by atoms with Crippen LogP contribution < -0.4 is 10.1 Å². The second-order valence-corrected chi connectivity index (χ2v) is 3.74. The fourth-order valence-corrected chi connectivity index (χ4v) is 1.62. The lowest BCUT2D eigenvalue weighted by molar-refractivity contribution is 0.399. The van der Waals surface area contributed by atoms with E-state index in [0.29, 0.717) is 11.7 Å². The van der Waals surface area contributed by atoms with E-state index in [0.717, 1.165) is 11.3 Å². The monoisotopic (exact) mass is 229 g/mol. The topological polar surface area (TPSA) is 47.0 Å². The summed E-state index contributed by atoms with van der Waals surface area (Å²) in [6, 6.07) is 8.07. The first kappa shape index (κ1) is 11.4. The molecular weight excluding hydrogens is 214 g/mol. The number of hydrogen-bond donors (Lipinski definition) is 1. The van der Waals surface area contributed by atoms with Crippen LogP contribution in [0.15, 0.2) is 30.5 Å². The van der Waals surface area contributed by atoms with Gasteiger partial charge in [-0.3, -0.25) is 0 Å². The molecule has 0 saturated heterocycles. The van der Waals surface area contributed by atoms with Crippen molar-refractivity contribution in [3.63, 3.8) is 0 Å². The number of anilines is 1. The van der Waals surface area contributed by atoms with Crippen molar-refractivity contribution in [1.29, 1.82) is 0 Å². The third-order valence-electron chi connectivity index (χ3n) is 2.49. The van der Waals surface area contributed by atoms with Crippen molar-refractivity contribution in [2.45, 2.75) is 6.92 Å². The zero-order chi connectivity index (χ0) is 12.3. The molecule has 0 aliphatic carbocycles. The van der Waals surface area contributed by atoms with Crippen LogP contribution in [-0.2, 0) is 0 Å². The Kier molecular flexibility index (Phi) is 3.23. The van der Waals surface area contributed by atoms with Gasteiger partial charge in [-0.25, -0.2) is 4.98 Å². The first-order valence-corrected chi connectivity index (χ1v) is 5.40. The van der Waals surface area contributed by atoms with Crippen molar-refractivity contribution in [3.05, 3.63) is 36.0 Å². The molecule has 88 valence electrons. The van der Waals surface area contributed by atoms with Crippen LogP contribution >= 0.6 is 0 Å². The minimum atomic E-state index is 0.555. The van der Waals surface area contributed by atoms with Crippen molar-refractivity contribution < 1.29 is 4.74 Å². The first-order valence-electron chi connectivity index (χ1n) is 5.40. The number of nitrogens with one attached hydrogen (secondary N) is 1. The number of benzene rings is 1. The normalized spacial score (nSPS) is 10.1. The van der Waals surface area contributed by atoms with Crippen LogP contribution in [0, 0.1) is 6.92 Å². The lowest BCUT2D eigenvalue weighted by Gasteiger charge is -2.08. The van der Waals surface area contributed by atoms with Gasteiger partial charge in [0.1, 0.15) is 5.69 Å². The molecule has 0 spiro atoms. The van der Waals surface area contributed by atoms with Crippen LogP contribution in [0.3, 0.4) is 0 Å². The molecule has 0 unspecified atom stereocenters. The van der Waals surface area contributed by atoms with Crippen LogP contribution in [0.2, 0.25) is 0 Å². The molecule has 0 saturated carbocycles. The van der Waals surface area contributed by atoms with Crippen molar-refractivity contribution in [2.24, 2.45) is 0 Å². The Hall–Kier alpha value is -2.10. The van der Waals surface area contributed by atoms with E-state index in [1.54, 1.807) is 13.3 Å². The number of rotatable bonds is 3.